The molecule has 0 saturated carbocycles. The monoisotopic (exact) mass is 273 g/mol. The maximum Gasteiger partial charge on any atom is 0.409 e. The topological polar surface area (TPSA) is 47.4 Å². The van der Waals surface area contributed by atoms with E-state index in [0.717, 1.165) is 30.4 Å². The van der Waals surface area contributed by atoms with Crippen LogP contribution in [0.2, 0.25) is 0 Å². The molecule has 5 nitrogen and oxygen atoms in total. The summed E-state index contributed by atoms with van der Waals surface area (Å²) >= 11 is 0. The average molecular weight is 273 g/mol. The van der Waals surface area contributed by atoms with E-state index < -0.39 is 0 Å². The van der Waals surface area contributed by atoms with Gasteiger partial charge in [-0.15, -0.1) is 0 Å². The minimum atomic E-state index is -0.240. The van der Waals surface area contributed by atoms with Gasteiger partial charge in [0.25, 0.3) is 0 Å². The number of carbonyl (C=O) groups is 1. The fourth-order valence-corrected chi connectivity index (χ4v) is 2.90. The Balaban J connectivity index is 1.90. The second-order valence-electron chi connectivity index (χ2n) is 5.36. The number of nitrogens with zero attached hydrogens (tertiary/aromatic N) is 3. The van der Waals surface area contributed by atoms with Gasteiger partial charge in [0.1, 0.15) is 0 Å². The van der Waals surface area contributed by atoms with Crippen LogP contribution in [0.1, 0.15) is 24.4 Å². The Kier molecular flexibility index (Phi) is 3.34. The first-order valence-corrected chi connectivity index (χ1v) is 6.95. The van der Waals surface area contributed by atoms with Crippen molar-refractivity contribution in [2.45, 2.75) is 25.8 Å². The Labute approximate surface area is 118 Å². The van der Waals surface area contributed by atoms with Crippen LogP contribution in [-0.4, -0.2) is 40.7 Å². The number of likely N-dealkylation sites (tertiary alicyclic amines) is 1. The van der Waals surface area contributed by atoms with Gasteiger partial charge in [-0.3, -0.25) is 0 Å². The first-order valence-electron chi connectivity index (χ1n) is 6.95. The zero-order valence-electron chi connectivity index (χ0n) is 11.9. The summed E-state index contributed by atoms with van der Waals surface area (Å²) in [4.78, 5) is 17.9. The molecule has 0 aliphatic carbocycles. The number of methoxy groups -OCH3 is 1. The Morgan fingerprint density at radius 1 is 1.45 bits per heavy atom. The molecule has 0 N–H and O–H groups in total. The van der Waals surface area contributed by atoms with E-state index in [0.29, 0.717) is 6.54 Å². The molecular formula is C15H19N3O2. The van der Waals surface area contributed by atoms with Crippen LogP contribution in [0.4, 0.5) is 4.79 Å². The van der Waals surface area contributed by atoms with Crippen molar-refractivity contribution < 1.29 is 9.53 Å². The molecule has 1 aromatic heterocycles. The van der Waals surface area contributed by atoms with E-state index in [1.54, 1.807) is 4.90 Å². The van der Waals surface area contributed by atoms with Crippen molar-refractivity contribution in [3.8, 4) is 0 Å². The number of hydrogen-bond acceptors (Lipinski definition) is 3. The molecule has 1 atom stereocenters. The van der Waals surface area contributed by atoms with Crippen LogP contribution in [0.3, 0.4) is 0 Å². The third kappa shape index (κ3) is 2.24. The van der Waals surface area contributed by atoms with Crippen molar-refractivity contribution in [2.75, 3.05) is 20.2 Å². The van der Waals surface area contributed by atoms with Crippen molar-refractivity contribution in [3.63, 3.8) is 0 Å². The van der Waals surface area contributed by atoms with E-state index in [1.807, 2.05) is 12.4 Å². The predicted octanol–water partition coefficient (Wildman–Crippen LogP) is 2.75. The highest BCUT2D eigenvalue weighted by Crippen LogP contribution is 2.26. The number of amides is 1. The SMILES string of the molecule is COC(=O)N1CCCC(n2cnc3ccc(C)cc32)C1. The zero-order valence-corrected chi connectivity index (χ0v) is 11.9. The summed E-state index contributed by atoms with van der Waals surface area (Å²) in [6.45, 7) is 3.54. The third-order valence-corrected chi connectivity index (χ3v) is 3.95. The molecular weight excluding hydrogens is 254 g/mol. The van der Waals surface area contributed by atoms with Crippen molar-refractivity contribution in [1.29, 1.82) is 0 Å². The summed E-state index contributed by atoms with van der Waals surface area (Å²) < 4.78 is 7.02. The predicted molar refractivity (Wildman–Crippen MR) is 76.7 cm³/mol. The number of imidazole rings is 1. The minimum Gasteiger partial charge on any atom is -0.453 e. The van der Waals surface area contributed by atoms with Crippen molar-refractivity contribution >= 4 is 17.1 Å². The highest BCUT2D eigenvalue weighted by Gasteiger charge is 2.26. The van der Waals surface area contributed by atoms with E-state index >= 15 is 0 Å². The summed E-state index contributed by atoms with van der Waals surface area (Å²) in [5.74, 6) is 0. The lowest BCUT2D eigenvalue weighted by Crippen LogP contribution is -2.40. The number of ether oxygens (including phenoxy) is 1. The van der Waals surface area contributed by atoms with Crippen LogP contribution >= 0.6 is 0 Å². The molecule has 1 aliphatic rings. The van der Waals surface area contributed by atoms with Gasteiger partial charge in [0.05, 0.1) is 30.5 Å². The Morgan fingerprint density at radius 3 is 3.10 bits per heavy atom. The van der Waals surface area contributed by atoms with Gasteiger partial charge in [-0.1, -0.05) is 6.07 Å². The van der Waals surface area contributed by atoms with Crippen molar-refractivity contribution in [2.24, 2.45) is 0 Å². The van der Waals surface area contributed by atoms with Crippen LogP contribution in [-0.2, 0) is 4.74 Å². The molecule has 0 spiro atoms. The normalized spacial score (nSPS) is 19.3. The smallest absolute Gasteiger partial charge is 0.409 e. The van der Waals surface area contributed by atoms with E-state index in [9.17, 15) is 4.79 Å². The van der Waals surface area contributed by atoms with E-state index in [-0.39, 0.29) is 12.1 Å². The number of benzene rings is 1. The molecule has 1 saturated heterocycles. The minimum absolute atomic E-state index is 0.240. The third-order valence-electron chi connectivity index (χ3n) is 3.95. The van der Waals surface area contributed by atoms with E-state index in [4.69, 9.17) is 4.74 Å². The molecule has 0 radical (unpaired) electrons. The largest absolute Gasteiger partial charge is 0.453 e. The molecule has 3 rings (SSSR count). The van der Waals surface area contributed by atoms with Crippen molar-refractivity contribution in [1.82, 2.24) is 14.5 Å². The van der Waals surface area contributed by atoms with Crippen LogP contribution in [0.5, 0.6) is 0 Å². The zero-order chi connectivity index (χ0) is 14.1. The molecule has 1 aromatic carbocycles. The lowest BCUT2D eigenvalue weighted by molar-refractivity contribution is 0.104. The van der Waals surface area contributed by atoms with Crippen LogP contribution in [0, 0.1) is 6.92 Å². The van der Waals surface area contributed by atoms with Gasteiger partial charge in [-0.25, -0.2) is 9.78 Å². The Hall–Kier alpha value is -2.04. The summed E-state index contributed by atoms with van der Waals surface area (Å²) in [7, 11) is 1.43. The van der Waals surface area contributed by atoms with Crippen molar-refractivity contribution in [3.05, 3.63) is 30.1 Å². The number of aryl methyl sites for hydroxylation is 1. The molecule has 2 heterocycles. The Morgan fingerprint density at radius 2 is 2.30 bits per heavy atom. The Bertz CT molecular complexity index is 635. The number of aromatic nitrogens is 2. The fraction of sp³-hybridized carbons (Fsp3) is 0.467. The first kappa shape index (κ1) is 13.0. The van der Waals surface area contributed by atoms with Gasteiger partial charge in [0, 0.05) is 13.1 Å². The molecule has 1 fully saturated rings. The summed E-state index contributed by atoms with van der Waals surface area (Å²) in [6, 6.07) is 6.54. The van der Waals surface area contributed by atoms with E-state index in [1.165, 1.54) is 12.7 Å². The fourth-order valence-electron chi connectivity index (χ4n) is 2.90. The van der Waals surface area contributed by atoms with Gasteiger partial charge < -0.3 is 14.2 Å². The molecule has 0 bridgehead atoms. The standard InChI is InChI=1S/C15H19N3O2/c1-11-5-6-13-14(8-11)18(10-16-13)12-4-3-7-17(9-12)15(19)20-2/h5-6,8,10,12H,3-4,7,9H2,1-2H3. The summed E-state index contributed by atoms with van der Waals surface area (Å²) in [5.41, 5.74) is 3.37. The molecule has 1 aliphatic heterocycles. The highest BCUT2D eigenvalue weighted by atomic mass is 16.5. The van der Waals surface area contributed by atoms with Gasteiger partial charge in [0.2, 0.25) is 0 Å². The van der Waals surface area contributed by atoms with Gasteiger partial charge in [0.15, 0.2) is 0 Å². The molecule has 2 aromatic rings. The molecule has 20 heavy (non-hydrogen) atoms. The number of rotatable bonds is 1. The molecule has 1 amide bonds. The van der Waals surface area contributed by atoms with Gasteiger partial charge in [-0.2, -0.15) is 0 Å². The molecule has 106 valence electrons. The highest BCUT2D eigenvalue weighted by molar-refractivity contribution is 5.76. The second-order valence-corrected chi connectivity index (χ2v) is 5.36. The summed E-state index contributed by atoms with van der Waals surface area (Å²) in [5, 5.41) is 0. The molecule has 5 heteroatoms. The first-order chi connectivity index (χ1) is 9.69. The van der Waals surface area contributed by atoms with Crippen LogP contribution in [0.25, 0.3) is 11.0 Å². The maximum atomic E-state index is 11.7. The van der Waals surface area contributed by atoms with Gasteiger partial charge >= 0.3 is 6.09 Å². The summed E-state index contributed by atoms with van der Waals surface area (Å²) in [6.07, 6.45) is 3.70. The second kappa shape index (κ2) is 5.15. The quantitative estimate of drug-likeness (QED) is 0.802. The number of piperidine rings is 1. The van der Waals surface area contributed by atoms with Crippen LogP contribution < -0.4 is 0 Å². The maximum absolute atomic E-state index is 11.7. The number of fused-ring (bicyclic) bond motifs is 1. The lowest BCUT2D eigenvalue weighted by Gasteiger charge is -2.32. The van der Waals surface area contributed by atoms with Gasteiger partial charge in [-0.05, 0) is 37.5 Å². The number of carbonyl (C=O) groups excluding carboxylic acids is 1. The average Bonchev–Trinajstić information content (AvgIpc) is 2.89. The molecule has 1 unspecified atom stereocenters. The van der Waals surface area contributed by atoms with E-state index in [2.05, 4.69) is 28.6 Å². The lowest BCUT2D eigenvalue weighted by atomic mass is 10.1. The van der Waals surface area contributed by atoms with Crippen LogP contribution in [0.15, 0.2) is 24.5 Å². The number of hydrogen-bond donors (Lipinski definition) is 0.